The quantitative estimate of drug-likeness (QED) is 0.884. The summed E-state index contributed by atoms with van der Waals surface area (Å²) in [5.74, 6) is 0.546. The maximum Gasteiger partial charge on any atom is 0.227 e. The topological polar surface area (TPSA) is 35.6 Å². The zero-order valence-electron chi connectivity index (χ0n) is 14.3. The standard InChI is InChI=1S/C18H27N3O.2ClH/c1-15-12-19-9-11-21(15)18(22)17-8-5-10-20(14-17)13-16-6-3-2-4-7-16;;/h2-4,6-7,15,17,19H,5,8-14H2,1H3;2*1H/t15-,17?;;/m1../s1. The van der Waals surface area contributed by atoms with E-state index in [-0.39, 0.29) is 30.7 Å². The lowest BCUT2D eigenvalue weighted by atomic mass is 9.95. The van der Waals surface area contributed by atoms with Crippen molar-refractivity contribution in [2.45, 2.75) is 32.4 Å². The summed E-state index contributed by atoms with van der Waals surface area (Å²) in [4.78, 5) is 17.4. The number of nitrogens with zero attached hydrogens (tertiary/aromatic N) is 2. The Labute approximate surface area is 157 Å². The summed E-state index contributed by atoms with van der Waals surface area (Å²) in [7, 11) is 0. The van der Waals surface area contributed by atoms with Crippen molar-refractivity contribution in [3.8, 4) is 0 Å². The molecular formula is C18H29Cl2N3O. The van der Waals surface area contributed by atoms with Crippen molar-refractivity contribution in [3.63, 3.8) is 0 Å². The molecule has 24 heavy (non-hydrogen) atoms. The molecule has 2 aliphatic rings. The molecule has 1 aromatic rings. The molecule has 1 N–H and O–H groups in total. The van der Waals surface area contributed by atoms with Crippen LogP contribution in [0.3, 0.4) is 0 Å². The molecule has 2 aliphatic heterocycles. The van der Waals surface area contributed by atoms with E-state index < -0.39 is 0 Å². The van der Waals surface area contributed by atoms with Gasteiger partial charge in [0.15, 0.2) is 0 Å². The van der Waals surface area contributed by atoms with Crippen LogP contribution in [0.5, 0.6) is 0 Å². The zero-order chi connectivity index (χ0) is 15.4. The summed E-state index contributed by atoms with van der Waals surface area (Å²) in [5, 5.41) is 3.36. The molecule has 0 spiro atoms. The Morgan fingerprint density at radius 3 is 2.67 bits per heavy atom. The third-order valence-corrected chi connectivity index (χ3v) is 4.89. The first kappa shape index (κ1) is 21.2. The fourth-order valence-corrected chi connectivity index (χ4v) is 3.65. The lowest BCUT2D eigenvalue weighted by Gasteiger charge is -2.39. The number of carbonyl (C=O) groups excluding carboxylic acids is 1. The molecule has 1 unspecified atom stereocenters. The largest absolute Gasteiger partial charge is 0.337 e. The molecule has 6 heteroatoms. The molecule has 0 bridgehead atoms. The summed E-state index contributed by atoms with van der Waals surface area (Å²) < 4.78 is 0. The van der Waals surface area contributed by atoms with E-state index >= 15 is 0 Å². The van der Waals surface area contributed by atoms with Gasteiger partial charge in [-0.1, -0.05) is 30.3 Å². The van der Waals surface area contributed by atoms with Gasteiger partial charge in [-0.25, -0.2) is 0 Å². The van der Waals surface area contributed by atoms with Crippen LogP contribution < -0.4 is 5.32 Å². The van der Waals surface area contributed by atoms with Crippen molar-refractivity contribution in [3.05, 3.63) is 35.9 Å². The molecule has 1 amide bonds. The van der Waals surface area contributed by atoms with Crippen LogP contribution in [-0.2, 0) is 11.3 Å². The summed E-state index contributed by atoms with van der Waals surface area (Å²) in [5.41, 5.74) is 1.34. The van der Waals surface area contributed by atoms with Crippen LogP contribution in [0.15, 0.2) is 30.3 Å². The van der Waals surface area contributed by atoms with Gasteiger partial charge in [-0.2, -0.15) is 0 Å². The number of likely N-dealkylation sites (tertiary alicyclic amines) is 1. The molecule has 2 fully saturated rings. The van der Waals surface area contributed by atoms with Crippen molar-refractivity contribution < 1.29 is 4.79 Å². The summed E-state index contributed by atoms with van der Waals surface area (Å²) in [6.07, 6.45) is 2.17. The first-order valence-corrected chi connectivity index (χ1v) is 8.51. The van der Waals surface area contributed by atoms with E-state index in [0.29, 0.717) is 11.9 Å². The Morgan fingerprint density at radius 2 is 1.96 bits per heavy atom. The minimum atomic E-state index is 0. The van der Waals surface area contributed by atoms with Gasteiger partial charge < -0.3 is 10.2 Å². The number of amides is 1. The third kappa shape index (κ3) is 5.35. The van der Waals surface area contributed by atoms with Gasteiger partial charge in [-0.3, -0.25) is 9.69 Å². The number of carbonyl (C=O) groups is 1. The van der Waals surface area contributed by atoms with Gasteiger partial charge in [0.2, 0.25) is 5.91 Å². The van der Waals surface area contributed by atoms with Crippen molar-refractivity contribution in [1.82, 2.24) is 15.1 Å². The minimum Gasteiger partial charge on any atom is -0.337 e. The number of halogens is 2. The van der Waals surface area contributed by atoms with E-state index in [1.165, 1.54) is 5.56 Å². The van der Waals surface area contributed by atoms with Crippen molar-refractivity contribution in [2.75, 3.05) is 32.7 Å². The molecule has 0 saturated carbocycles. The van der Waals surface area contributed by atoms with E-state index in [4.69, 9.17) is 0 Å². The number of rotatable bonds is 3. The lowest BCUT2D eigenvalue weighted by molar-refractivity contribution is -0.140. The average molecular weight is 374 g/mol. The number of hydrogen-bond donors (Lipinski definition) is 1. The summed E-state index contributed by atoms with van der Waals surface area (Å²) >= 11 is 0. The highest BCUT2D eigenvalue weighted by Crippen LogP contribution is 2.22. The third-order valence-electron chi connectivity index (χ3n) is 4.89. The second kappa shape index (κ2) is 10.2. The Morgan fingerprint density at radius 1 is 1.21 bits per heavy atom. The van der Waals surface area contributed by atoms with Gasteiger partial charge in [0.1, 0.15) is 0 Å². The molecule has 0 aliphatic carbocycles. The zero-order valence-corrected chi connectivity index (χ0v) is 16.0. The highest BCUT2D eigenvalue weighted by molar-refractivity contribution is 5.85. The van der Waals surface area contributed by atoms with Gasteiger partial charge in [-0.15, -0.1) is 24.8 Å². The maximum absolute atomic E-state index is 12.8. The van der Waals surface area contributed by atoms with Crippen LogP contribution in [0.2, 0.25) is 0 Å². The van der Waals surface area contributed by atoms with E-state index in [1.54, 1.807) is 0 Å². The van der Waals surface area contributed by atoms with Gasteiger partial charge in [0.05, 0.1) is 5.92 Å². The van der Waals surface area contributed by atoms with Crippen molar-refractivity contribution in [1.29, 1.82) is 0 Å². The maximum atomic E-state index is 12.8. The van der Waals surface area contributed by atoms with Gasteiger partial charge in [0.25, 0.3) is 0 Å². The van der Waals surface area contributed by atoms with Crippen LogP contribution >= 0.6 is 24.8 Å². The molecule has 2 heterocycles. The van der Waals surface area contributed by atoms with Gasteiger partial charge in [0, 0.05) is 38.8 Å². The minimum absolute atomic E-state index is 0. The summed E-state index contributed by atoms with van der Waals surface area (Å²) in [6, 6.07) is 10.9. The van der Waals surface area contributed by atoms with Crippen LogP contribution in [0.25, 0.3) is 0 Å². The SMILES string of the molecule is C[C@@H]1CNCCN1C(=O)C1CCCN(Cc2ccccc2)C1.Cl.Cl. The molecule has 3 rings (SSSR count). The first-order chi connectivity index (χ1) is 10.7. The molecule has 0 radical (unpaired) electrons. The molecule has 2 saturated heterocycles. The van der Waals surface area contributed by atoms with Crippen molar-refractivity contribution in [2.24, 2.45) is 5.92 Å². The van der Waals surface area contributed by atoms with E-state index in [1.807, 2.05) is 0 Å². The molecule has 1 aromatic carbocycles. The van der Waals surface area contributed by atoms with Crippen LogP contribution in [0.1, 0.15) is 25.3 Å². The van der Waals surface area contributed by atoms with E-state index in [2.05, 4.69) is 52.4 Å². The van der Waals surface area contributed by atoms with Gasteiger partial charge >= 0.3 is 0 Å². The molecular weight excluding hydrogens is 345 g/mol. The smallest absolute Gasteiger partial charge is 0.227 e. The van der Waals surface area contributed by atoms with Crippen molar-refractivity contribution >= 4 is 30.7 Å². The molecule has 0 aromatic heterocycles. The van der Waals surface area contributed by atoms with Crippen LogP contribution in [0, 0.1) is 5.92 Å². The van der Waals surface area contributed by atoms with E-state index in [9.17, 15) is 4.79 Å². The average Bonchev–Trinajstić information content (AvgIpc) is 2.56. The normalized spacial score (nSPS) is 24.6. The fraction of sp³-hybridized carbons (Fsp3) is 0.611. The molecule has 2 atom stereocenters. The number of nitrogens with one attached hydrogen (secondary N) is 1. The number of piperidine rings is 1. The highest BCUT2D eigenvalue weighted by atomic mass is 35.5. The Hall–Kier alpha value is -0.810. The second-order valence-electron chi connectivity index (χ2n) is 6.64. The Kier molecular flexibility index (Phi) is 9.06. The van der Waals surface area contributed by atoms with Gasteiger partial charge in [-0.05, 0) is 31.9 Å². The summed E-state index contributed by atoms with van der Waals surface area (Å²) in [6.45, 7) is 7.83. The predicted molar refractivity (Wildman–Crippen MR) is 103 cm³/mol. The number of hydrogen-bond acceptors (Lipinski definition) is 3. The first-order valence-electron chi connectivity index (χ1n) is 8.51. The van der Waals surface area contributed by atoms with Crippen LogP contribution in [-0.4, -0.2) is 54.5 Å². The van der Waals surface area contributed by atoms with E-state index in [0.717, 1.165) is 52.1 Å². The second-order valence-corrected chi connectivity index (χ2v) is 6.64. The number of benzene rings is 1. The lowest BCUT2D eigenvalue weighted by Crippen LogP contribution is -2.55. The molecule has 4 nitrogen and oxygen atoms in total. The fourth-order valence-electron chi connectivity index (χ4n) is 3.65. The number of piperazine rings is 1. The highest BCUT2D eigenvalue weighted by Gasteiger charge is 2.32. The Balaban J connectivity index is 0.00000144. The molecule has 136 valence electrons. The van der Waals surface area contributed by atoms with Crippen LogP contribution in [0.4, 0.5) is 0 Å². The Bertz CT molecular complexity index is 500. The monoisotopic (exact) mass is 373 g/mol. The predicted octanol–water partition coefficient (Wildman–Crippen LogP) is 2.56.